The molecule has 3 nitrogen and oxygen atoms in total. The van der Waals surface area contributed by atoms with Gasteiger partial charge in [0, 0.05) is 0 Å². The molecular weight excluding hydrogens is 168 g/mol. The van der Waals surface area contributed by atoms with Gasteiger partial charge in [0.05, 0.1) is 0 Å². The summed E-state index contributed by atoms with van der Waals surface area (Å²) in [7, 11) is 0. The first-order chi connectivity index (χ1) is 6.18. The normalized spacial score (nSPS) is 25.7. The van der Waals surface area contributed by atoms with Gasteiger partial charge in [-0.3, -0.25) is 0 Å². The van der Waals surface area contributed by atoms with Crippen molar-refractivity contribution < 1.29 is 15.3 Å². The second-order valence-electron chi connectivity index (χ2n) is 3.11. The summed E-state index contributed by atoms with van der Waals surface area (Å²) < 4.78 is 0. The Labute approximate surface area is 75.6 Å². The number of aromatic hydroxyl groups is 1. The minimum Gasteiger partial charge on any atom is -0.508 e. The van der Waals surface area contributed by atoms with Crippen molar-refractivity contribution >= 4 is 6.08 Å². The Morgan fingerprint density at radius 3 is 2.69 bits per heavy atom. The van der Waals surface area contributed by atoms with Crippen molar-refractivity contribution in [2.24, 2.45) is 0 Å². The van der Waals surface area contributed by atoms with Crippen LogP contribution in [0.15, 0.2) is 24.3 Å². The fraction of sp³-hybridized carbons (Fsp3) is 0.200. The predicted octanol–water partition coefficient (Wildman–Crippen LogP) is 0.813. The van der Waals surface area contributed by atoms with Crippen LogP contribution in [0.3, 0.4) is 0 Å². The van der Waals surface area contributed by atoms with E-state index in [2.05, 4.69) is 0 Å². The average Bonchev–Trinajstić information content (AvgIpc) is 2.12. The number of rotatable bonds is 0. The lowest BCUT2D eigenvalue weighted by molar-refractivity contribution is 0.0469. The third-order valence-corrected chi connectivity index (χ3v) is 2.19. The molecule has 0 aromatic heterocycles. The van der Waals surface area contributed by atoms with Crippen LogP contribution in [0.25, 0.3) is 6.08 Å². The highest BCUT2D eigenvalue weighted by Crippen LogP contribution is 2.30. The summed E-state index contributed by atoms with van der Waals surface area (Å²) in [5, 5.41) is 28.0. The van der Waals surface area contributed by atoms with E-state index in [1.807, 2.05) is 0 Å². The Kier molecular flexibility index (Phi) is 1.83. The molecule has 0 unspecified atom stereocenters. The summed E-state index contributed by atoms with van der Waals surface area (Å²) in [5.41, 5.74) is 1.39. The highest BCUT2D eigenvalue weighted by atomic mass is 16.3. The van der Waals surface area contributed by atoms with E-state index in [0.29, 0.717) is 5.56 Å². The molecule has 0 aliphatic heterocycles. The molecule has 0 amide bonds. The molecule has 68 valence electrons. The van der Waals surface area contributed by atoms with Crippen LogP contribution < -0.4 is 0 Å². The molecule has 0 heterocycles. The number of hydrogen-bond acceptors (Lipinski definition) is 3. The van der Waals surface area contributed by atoms with Crippen LogP contribution in [0.4, 0.5) is 0 Å². The molecular formula is C10H10O3. The van der Waals surface area contributed by atoms with E-state index in [9.17, 15) is 15.3 Å². The van der Waals surface area contributed by atoms with Crippen molar-refractivity contribution in [3.63, 3.8) is 0 Å². The first kappa shape index (κ1) is 8.29. The molecule has 1 aromatic rings. The Morgan fingerprint density at radius 2 is 1.92 bits per heavy atom. The maximum Gasteiger partial charge on any atom is 0.115 e. The first-order valence-corrected chi connectivity index (χ1v) is 4.06. The topological polar surface area (TPSA) is 60.7 Å². The lowest BCUT2D eigenvalue weighted by atomic mass is 9.93. The van der Waals surface area contributed by atoms with E-state index < -0.39 is 12.2 Å². The van der Waals surface area contributed by atoms with E-state index in [0.717, 1.165) is 5.56 Å². The van der Waals surface area contributed by atoms with E-state index in [4.69, 9.17) is 0 Å². The molecule has 0 radical (unpaired) electrons. The van der Waals surface area contributed by atoms with Crippen LogP contribution in [-0.2, 0) is 0 Å². The van der Waals surface area contributed by atoms with Crippen molar-refractivity contribution in [2.75, 3.05) is 0 Å². The highest BCUT2D eigenvalue weighted by Gasteiger charge is 2.22. The summed E-state index contributed by atoms with van der Waals surface area (Å²) in [6.07, 6.45) is 1.44. The molecule has 13 heavy (non-hydrogen) atoms. The number of hydrogen-bond donors (Lipinski definition) is 3. The van der Waals surface area contributed by atoms with Crippen LogP contribution in [-0.4, -0.2) is 21.4 Å². The quantitative estimate of drug-likeness (QED) is 0.551. The molecule has 0 spiro atoms. The van der Waals surface area contributed by atoms with Crippen molar-refractivity contribution in [3.05, 3.63) is 35.4 Å². The molecule has 3 N–H and O–H groups in total. The van der Waals surface area contributed by atoms with Crippen LogP contribution >= 0.6 is 0 Å². The molecule has 0 fully saturated rings. The second-order valence-corrected chi connectivity index (χ2v) is 3.11. The van der Waals surface area contributed by atoms with Crippen molar-refractivity contribution in [1.29, 1.82) is 0 Å². The molecule has 2 atom stereocenters. The second kappa shape index (κ2) is 2.87. The van der Waals surface area contributed by atoms with E-state index in [1.165, 1.54) is 12.1 Å². The molecule has 1 aromatic carbocycles. The Balaban J connectivity index is 2.54. The molecule has 0 saturated heterocycles. The molecule has 3 heteroatoms. The van der Waals surface area contributed by atoms with Gasteiger partial charge in [0.1, 0.15) is 18.0 Å². The molecule has 0 saturated carbocycles. The van der Waals surface area contributed by atoms with Crippen LogP contribution in [0.5, 0.6) is 5.75 Å². The SMILES string of the molecule is Oc1ccc2c(c1)[C@@H](O)[C@H](O)C=C2. The molecule has 1 aliphatic rings. The Bertz CT molecular complexity index is 357. The molecule has 0 bridgehead atoms. The minimum absolute atomic E-state index is 0.0975. The zero-order valence-electron chi connectivity index (χ0n) is 6.88. The number of aliphatic hydroxyl groups is 2. The number of aliphatic hydroxyl groups excluding tert-OH is 2. The summed E-state index contributed by atoms with van der Waals surface area (Å²) in [4.78, 5) is 0. The number of phenolic OH excluding ortho intramolecular Hbond substituents is 1. The van der Waals surface area contributed by atoms with E-state index in [1.54, 1.807) is 18.2 Å². The number of phenols is 1. The monoisotopic (exact) mass is 178 g/mol. The van der Waals surface area contributed by atoms with Crippen molar-refractivity contribution in [3.8, 4) is 5.75 Å². The Morgan fingerprint density at radius 1 is 1.15 bits per heavy atom. The third-order valence-electron chi connectivity index (χ3n) is 2.19. The lowest BCUT2D eigenvalue weighted by Gasteiger charge is -2.21. The van der Waals surface area contributed by atoms with Gasteiger partial charge in [-0.15, -0.1) is 0 Å². The van der Waals surface area contributed by atoms with E-state index >= 15 is 0 Å². The zero-order chi connectivity index (χ0) is 9.42. The van der Waals surface area contributed by atoms with Gasteiger partial charge in [-0.25, -0.2) is 0 Å². The Hall–Kier alpha value is -1.32. The minimum atomic E-state index is -0.938. The van der Waals surface area contributed by atoms with Gasteiger partial charge in [0.2, 0.25) is 0 Å². The molecule has 2 rings (SSSR count). The smallest absolute Gasteiger partial charge is 0.115 e. The van der Waals surface area contributed by atoms with Gasteiger partial charge in [-0.1, -0.05) is 18.2 Å². The maximum atomic E-state index is 9.54. The van der Waals surface area contributed by atoms with Gasteiger partial charge in [-0.2, -0.15) is 0 Å². The summed E-state index contributed by atoms with van der Waals surface area (Å²) in [6, 6.07) is 4.72. The van der Waals surface area contributed by atoms with Gasteiger partial charge in [0.25, 0.3) is 0 Å². The van der Waals surface area contributed by atoms with Crippen molar-refractivity contribution in [1.82, 2.24) is 0 Å². The summed E-state index contributed by atoms with van der Waals surface area (Å²) in [6.45, 7) is 0. The van der Waals surface area contributed by atoms with Gasteiger partial charge >= 0.3 is 0 Å². The average molecular weight is 178 g/mol. The number of benzene rings is 1. The van der Waals surface area contributed by atoms with Gasteiger partial charge in [-0.05, 0) is 23.3 Å². The highest BCUT2D eigenvalue weighted by molar-refractivity contribution is 5.59. The van der Waals surface area contributed by atoms with Crippen LogP contribution in [0.2, 0.25) is 0 Å². The fourth-order valence-corrected chi connectivity index (χ4v) is 1.46. The largest absolute Gasteiger partial charge is 0.508 e. The van der Waals surface area contributed by atoms with E-state index in [-0.39, 0.29) is 5.75 Å². The van der Waals surface area contributed by atoms with Crippen molar-refractivity contribution in [2.45, 2.75) is 12.2 Å². The lowest BCUT2D eigenvalue weighted by Crippen LogP contribution is -2.19. The number of fused-ring (bicyclic) bond motifs is 1. The third kappa shape index (κ3) is 1.32. The fourth-order valence-electron chi connectivity index (χ4n) is 1.46. The van der Waals surface area contributed by atoms with Crippen LogP contribution in [0.1, 0.15) is 17.2 Å². The van der Waals surface area contributed by atoms with Crippen LogP contribution in [0, 0.1) is 0 Å². The summed E-state index contributed by atoms with van der Waals surface area (Å²) in [5.74, 6) is 0.0975. The maximum absolute atomic E-state index is 9.54. The zero-order valence-corrected chi connectivity index (χ0v) is 6.88. The summed E-state index contributed by atoms with van der Waals surface area (Å²) >= 11 is 0. The van der Waals surface area contributed by atoms with Gasteiger partial charge in [0.15, 0.2) is 0 Å². The molecule has 1 aliphatic carbocycles. The van der Waals surface area contributed by atoms with Gasteiger partial charge < -0.3 is 15.3 Å². The first-order valence-electron chi connectivity index (χ1n) is 4.06. The predicted molar refractivity (Wildman–Crippen MR) is 48.1 cm³/mol. The standard InChI is InChI=1S/C10H10O3/c11-7-3-1-6-2-4-9(12)10(13)8(6)5-7/h1-5,9-13H/t9-,10-/m1/s1.